The molecule has 0 aliphatic heterocycles. The average molecular weight is 417 g/mol. The Morgan fingerprint density at radius 2 is 1.37 bits per heavy atom. The van der Waals surface area contributed by atoms with Crippen LogP contribution in [0.3, 0.4) is 0 Å². The third-order valence-electron chi connectivity index (χ3n) is 6.78. The van der Waals surface area contributed by atoms with Crippen LogP contribution in [0.1, 0.15) is 93.4 Å². The Morgan fingerprint density at radius 3 is 1.97 bits per heavy atom. The summed E-state index contributed by atoms with van der Waals surface area (Å²) in [7, 11) is 0. The zero-order valence-corrected chi connectivity index (χ0v) is 18.5. The Labute approximate surface area is 179 Å². The number of hydrogen-bond donors (Lipinski definition) is 0. The number of halogens is 3. The van der Waals surface area contributed by atoms with Gasteiger partial charge in [-0.2, -0.15) is 0 Å². The molecule has 0 saturated heterocycles. The van der Waals surface area contributed by atoms with Crippen molar-refractivity contribution in [2.24, 2.45) is 5.92 Å². The molecular weight excluding hydrogens is 381 g/mol. The van der Waals surface area contributed by atoms with Crippen molar-refractivity contribution in [3.63, 3.8) is 0 Å². The van der Waals surface area contributed by atoms with Gasteiger partial charge in [0.1, 0.15) is 5.82 Å². The summed E-state index contributed by atoms with van der Waals surface area (Å²) in [5, 5.41) is 0. The van der Waals surface area contributed by atoms with Crippen LogP contribution in [-0.2, 0) is 19.3 Å². The van der Waals surface area contributed by atoms with Gasteiger partial charge < -0.3 is 0 Å². The van der Waals surface area contributed by atoms with E-state index in [9.17, 15) is 13.2 Å². The lowest BCUT2D eigenvalue weighted by Gasteiger charge is -2.29. The number of hydrogen-bond acceptors (Lipinski definition) is 0. The Balaban J connectivity index is 1.51. The average Bonchev–Trinajstić information content (AvgIpc) is 2.76. The molecule has 0 heterocycles. The summed E-state index contributed by atoms with van der Waals surface area (Å²) in [6.07, 6.45) is 10.0. The maximum Gasteiger partial charge on any atom is 0.162 e. The third kappa shape index (κ3) is 5.68. The van der Waals surface area contributed by atoms with Crippen LogP contribution in [0.2, 0.25) is 0 Å². The van der Waals surface area contributed by atoms with Crippen molar-refractivity contribution in [3.8, 4) is 0 Å². The molecule has 1 fully saturated rings. The molecule has 2 aromatic carbocycles. The molecule has 30 heavy (non-hydrogen) atoms. The van der Waals surface area contributed by atoms with Gasteiger partial charge in [-0.3, -0.25) is 0 Å². The molecule has 2 aromatic rings. The first kappa shape index (κ1) is 22.9. The van der Waals surface area contributed by atoms with Crippen LogP contribution in [0.5, 0.6) is 0 Å². The fourth-order valence-electron chi connectivity index (χ4n) is 4.82. The van der Waals surface area contributed by atoms with E-state index in [1.807, 2.05) is 13.0 Å². The van der Waals surface area contributed by atoms with E-state index in [2.05, 4.69) is 13.0 Å². The minimum Gasteiger partial charge on any atom is -0.207 e. The summed E-state index contributed by atoms with van der Waals surface area (Å²) < 4.78 is 42.9. The fourth-order valence-corrected chi connectivity index (χ4v) is 4.82. The Hall–Kier alpha value is -1.77. The normalized spacial score (nSPS) is 19.2. The molecule has 0 spiro atoms. The highest BCUT2D eigenvalue weighted by molar-refractivity contribution is 5.28. The van der Waals surface area contributed by atoms with Gasteiger partial charge in [-0.05, 0) is 97.9 Å². The first-order valence-corrected chi connectivity index (χ1v) is 11.8. The summed E-state index contributed by atoms with van der Waals surface area (Å²) >= 11 is 0. The zero-order valence-electron chi connectivity index (χ0n) is 18.5. The van der Waals surface area contributed by atoms with Crippen LogP contribution < -0.4 is 0 Å². The van der Waals surface area contributed by atoms with E-state index < -0.39 is 11.6 Å². The van der Waals surface area contributed by atoms with Crippen molar-refractivity contribution in [1.29, 1.82) is 0 Å². The van der Waals surface area contributed by atoms with Crippen molar-refractivity contribution in [2.75, 3.05) is 0 Å². The number of rotatable bonds is 9. The minimum absolute atomic E-state index is 0.0629. The van der Waals surface area contributed by atoms with Crippen LogP contribution in [0.4, 0.5) is 13.2 Å². The molecule has 164 valence electrons. The molecule has 1 saturated carbocycles. The van der Waals surface area contributed by atoms with Gasteiger partial charge in [-0.25, -0.2) is 13.2 Å². The van der Waals surface area contributed by atoms with Crippen molar-refractivity contribution < 1.29 is 13.2 Å². The molecule has 0 unspecified atom stereocenters. The summed E-state index contributed by atoms with van der Waals surface area (Å²) in [5.41, 5.74) is 2.92. The Kier molecular flexibility index (Phi) is 8.41. The molecule has 3 heteroatoms. The predicted molar refractivity (Wildman–Crippen MR) is 118 cm³/mol. The second-order valence-electron chi connectivity index (χ2n) is 8.97. The highest BCUT2D eigenvalue weighted by atomic mass is 19.2. The second kappa shape index (κ2) is 11.0. The predicted octanol–water partition coefficient (Wildman–Crippen LogP) is 8.31. The van der Waals surface area contributed by atoms with Crippen LogP contribution >= 0.6 is 0 Å². The quantitative estimate of drug-likeness (QED) is 0.385. The molecule has 0 N–H and O–H groups in total. The highest BCUT2D eigenvalue weighted by Gasteiger charge is 2.23. The summed E-state index contributed by atoms with van der Waals surface area (Å²) in [6.45, 7) is 4.09. The lowest BCUT2D eigenvalue weighted by atomic mass is 9.76. The van der Waals surface area contributed by atoms with Gasteiger partial charge in [-0.15, -0.1) is 0 Å². The first-order chi connectivity index (χ1) is 14.5. The SMILES string of the molecule is CCCCc1ccc(C2CCC(CCc3ccc(CCC)c(F)c3F)CC2)cc1F. The topological polar surface area (TPSA) is 0 Å². The summed E-state index contributed by atoms with van der Waals surface area (Å²) in [5.74, 6) is -0.436. The van der Waals surface area contributed by atoms with Crippen molar-refractivity contribution >= 4 is 0 Å². The van der Waals surface area contributed by atoms with Crippen molar-refractivity contribution in [2.45, 2.75) is 90.4 Å². The molecule has 0 aromatic heterocycles. The van der Waals surface area contributed by atoms with E-state index in [-0.39, 0.29) is 5.82 Å². The maximum absolute atomic E-state index is 14.4. The standard InChI is InChI=1S/C27H35F3/c1-3-5-7-21-14-17-24(18-25(21)28)20-11-8-19(9-12-20)10-13-23-16-15-22(6-4-2)26(29)27(23)30/h14-20H,3-13H2,1-2H3. The Morgan fingerprint density at radius 1 is 0.733 bits per heavy atom. The molecule has 1 aliphatic carbocycles. The van der Waals surface area contributed by atoms with Crippen LogP contribution in [-0.4, -0.2) is 0 Å². The minimum atomic E-state index is -0.664. The van der Waals surface area contributed by atoms with E-state index in [0.717, 1.165) is 68.9 Å². The lowest BCUT2D eigenvalue weighted by Crippen LogP contribution is -2.15. The fraction of sp³-hybridized carbons (Fsp3) is 0.556. The van der Waals surface area contributed by atoms with Crippen molar-refractivity contribution in [3.05, 3.63) is 70.0 Å². The third-order valence-corrected chi connectivity index (χ3v) is 6.78. The Bertz CT molecular complexity index is 819. The van der Waals surface area contributed by atoms with Crippen molar-refractivity contribution in [1.82, 2.24) is 0 Å². The first-order valence-electron chi connectivity index (χ1n) is 11.8. The number of benzene rings is 2. The van der Waals surface area contributed by atoms with Gasteiger partial charge in [0.05, 0.1) is 0 Å². The number of aryl methyl sites for hydroxylation is 3. The molecule has 0 atom stereocenters. The van der Waals surface area contributed by atoms with Crippen LogP contribution in [0.25, 0.3) is 0 Å². The lowest BCUT2D eigenvalue weighted by molar-refractivity contribution is 0.308. The van der Waals surface area contributed by atoms with Crippen LogP contribution in [0, 0.1) is 23.4 Å². The summed E-state index contributed by atoms with van der Waals surface area (Å²) in [4.78, 5) is 0. The van der Waals surface area contributed by atoms with E-state index in [1.165, 1.54) is 0 Å². The van der Waals surface area contributed by atoms with Gasteiger partial charge in [0.25, 0.3) is 0 Å². The molecule has 0 amide bonds. The van der Waals surface area contributed by atoms with Crippen LogP contribution in [0.15, 0.2) is 30.3 Å². The van der Waals surface area contributed by atoms with E-state index in [0.29, 0.717) is 35.8 Å². The van der Waals surface area contributed by atoms with Gasteiger partial charge >= 0.3 is 0 Å². The molecule has 0 radical (unpaired) electrons. The van der Waals surface area contributed by atoms with Gasteiger partial charge in [-0.1, -0.05) is 51.0 Å². The van der Waals surface area contributed by atoms with Gasteiger partial charge in [0, 0.05) is 0 Å². The molecular formula is C27H35F3. The smallest absolute Gasteiger partial charge is 0.162 e. The highest BCUT2D eigenvalue weighted by Crippen LogP contribution is 2.38. The molecule has 3 rings (SSSR count). The second-order valence-corrected chi connectivity index (χ2v) is 8.97. The zero-order chi connectivity index (χ0) is 21.5. The van der Waals surface area contributed by atoms with E-state index >= 15 is 0 Å². The van der Waals surface area contributed by atoms with E-state index in [4.69, 9.17) is 0 Å². The molecule has 0 nitrogen and oxygen atoms in total. The monoisotopic (exact) mass is 416 g/mol. The summed E-state index contributed by atoms with van der Waals surface area (Å²) in [6, 6.07) is 9.32. The maximum atomic E-state index is 14.4. The van der Waals surface area contributed by atoms with Gasteiger partial charge in [0.15, 0.2) is 11.6 Å². The number of unbranched alkanes of at least 4 members (excludes halogenated alkanes) is 1. The largest absolute Gasteiger partial charge is 0.207 e. The molecule has 0 bridgehead atoms. The van der Waals surface area contributed by atoms with Gasteiger partial charge in [0.2, 0.25) is 0 Å². The molecule has 1 aliphatic rings. The van der Waals surface area contributed by atoms with E-state index in [1.54, 1.807) is 18.2 Å².